The minimum atomic E-state index is 0.0621. The topological polar surface area (TPSA) is 27.7 Å². The number of hydrogen-bond acceptors (Lipinski definition) is 3. The summed E-state index contributed by atoms with van der Waals surface area (Å²) in [4.78, 5) is 0. The summed E-state index contributed by atoms with van der Waals surface area (Å²) in [6.45, 7) is 0.668. The van der Waals surface area contributed by atoms with E-state index < -0.39 is 0 Å². The molecule has 0 saturated carbocycles. The third-order valence-electron chi connectivity index (χ3n) is 3.88. The van der Waals surface area contributed by atoms with Gasteiger partial charge in [-0.2, -0.15) is 0 Å². The Bertz CT molecular complexity index is 636. The fourth-order valence-electron chi connectivity index (χ4n) is 2.92. The summed E-state index contributed by atoms with van der Waals surface area (Å²) < 4.78 is 17.2. The Hall–Kier alpha value is -2.16. The Kier molecular flexibility index (Phi) is 2.21. The molecule has 2 aliphatic rings. The van der Waals surface area contributed by atoms with Gasteiger partial charge in [-0.15, -0.1) is 0 Å². The van der Waals surface area contributed by atoms with E-state index in [1.165, 1.54) is 5.56 Å². The van der Waals surface area contributed by atoms with E-state index in [9.17, 15) is 0 Å². The summed E-state index contributed by atoms with van der Waals surface area (Å²) in [6, 6.07) is 14.1. The van der Waals surface area contributed by atoms with Crippen molar-refractivity contribution < 1.29 is 14.2 Å². The van der Waals surface area contributed by atoms with Gasteiger partial charge in [0.05, 0.1) is 19.6 Å². The third kappa shape index (κ3) is 1.51. The van der Waals surface area contributed by atoms with Crippen molar-refractivity contribution in [3.05, 3.63) is 53.6 Å². The Morgan fingerprint density at radius 3 is 2.84 bits per heavy atom. The highest BCUT2D eigenvalue weighted by Crippen LogP contribution is 2.51. The van der Waals surface area contributed by atoms with Crippen LogP contribution in [0, 0.1) is 0 Å². The van der Waals surface area contributed by atoms with E-state index in [1.54, 1.807) is 7.11 Å². The minimum absolute atomic E-state index is 0.0621. The molecular weight excluding hydrogens is 240 g/mol. The number of hydrogen-bond donors (Lipinski definition) is 0. The zero-order valence-electron chi connectivity index (χ0n) is 10.6. The van der Waals surface area contributed by atoms with Crippen LogP contribution < -0.4 is 14.2 Å². The molecule has 0 bridgehead atoms. The SMILES string of the molecule is COc1ccc2c(c1)O[C@H]1c3ccccc3OC[C@@H]21. The molecule has 19 heavy (non-hydrogen) atoms. The summed E-state index contributed by atoms with van der Waals surface area (Å²) in [7, 11) is 1.67. The predicted octanol–water partition coefficient (Wildman–Crippen LogP) is 3.30. The molecule has 3 nitrogen and oxygen atoms in total. The van der Waals surface area contributed by atoms with Crippen LogP contribution >= 0.6 is 0 Å². The van der Waals surface area contributed by atoms with Crippen molar-refractivity contribution in [2.45, 2.75) is 12.0 Å². The van der Waals surface area contributed by atoms with Crippen LogP contribution in [0.5, 0.6) is 17.2 Å². The first-order valence-corrected chi connectivity index (χ1v) is 6.43. The number of fused-ring (bicyclic) bond motifs is 5. The molecule has 2 aromatic carbocycles. The van der Waals surface area contributed by atoms with Crippen LogP contribution in [0.15, 0.2) is 42.5 Å². The van der Waals surface area contributed by atoms with Gasteiger partial charge in [-0.1, -0.05) is 24.3 Å². The van der Waals surface area contributed by atoms with Gasteiger partial charge in [0.2, 0.25) is 0 Å². The van der Waals surface area contributed by atoms with Crippen LogP contribution in [0.2, 0.25) is 0 Å². The normalized spacial score (nSPS) is 22.6. The van der Waals surface area contributed by atoms with E-state index in [1.807, 2.05) is 30.3 Å². The van der Waals surface area contributed by atoms with E-state index in [-0.39, 0.29) is 12.0 Å². The molecule has 0 saturated heterocycles. The van der Waals surface area contributed by atoms with E-state index in [2.05, 4.69) is 12.1 Å². The van der Waals surface area contributed by atoms with Gasteiger partial charge >= 0.3 is 0 Å². The zero-order valence-corrected chi connectivity index (χ0v) is 10.6. The molecule has 2 aliphatic heterocycles. The second-order valence-electron chi connectivity index (χ2n) is 4.90. The van der Waals surface area contributed by atoms with Crippen LogP contribution in [-0.4, -0.2) is 13.7 Å². The second kappa shape index (κ2) is 3.92. The Labute approximate surface area is 111 Å². The largest absolute Gasteiger partial charge is 0.497 e. The molecular formula is C16H14O3. The monoisotopic (exact) mass is 254 g/mol. The molecule has 4 rings (SSSR count). The van der Waals surface area contributed by atoms with Crippen molar-refractivity contribution in [3.63, 3.8) is 0 Å². The lowest BCUT2D eigenvalue weighted by Gasteiger charge is -2.27. The van der Waals surface area contributed by atoms with Gasteiger partial charge in [-0.05, 0) is 12.1 Å². The fourth-order valence-corrected chi connectivity index (χ4v) is 2.92. The van der Waals surface area contributed by atoms with Crippen molar-refractivity contribution in [1.29, 1.82) is 0 Å². The highest BCUT2D eigenvalue weighted by molar-refractivity contribution is 5.51. The van der Waals surface area contributed by atoms with Gasteiger partial charge in [0.25, 0.3) is 0 Å². The number of ether oxygens (including phenoxy) is 3. The molecule has 0 N–H and O–H groups in total. The van der Waals surface area contributed by atoms with Crippen LogP contribution in [0.3, 0.4) is 0 Å². The first-order chi connectivity index (χ1) is 9.36. The highest BCUT2D eigenvalue weighted by Gasteiger charge is 2.40. The predicted molar refractivity (Wildman–Crippen MR) is 71.0 cm³/mol. The van der Waals surface area contributed by atoms with E-state index in [4.69, 9.17) is 14.2 Å². The number of para-hydroxylation sites is 1. The molecule has 0 fully saturated rings. The molecule has 0 aromatic heterocycles. The van der Waals surface area contributed by atoms with Crippen LogP contribution in [0.25, 0.3) is 0 Å². The number of rotatable bonds is 1. The van der Waals surface area contributed by atoms with Gasteiger partial charge in [0.15, 0.2) is 0 Å². The maximum atomic E-state index is 6.12. The Morgan fingerprint density at radius 2 is 1.95 bits per heavy atom. The minimum Gasteiger partial charge on any atom is -0.497 e. The van der Waals surface area contributed by atoms with Gasteiger partial charge in [0.1, 0.15) is 23.4 Å². The zero-order chi connectivity index (χ0) is 12.8. The fraction of sp³-hybridized carbons (Fsp3) is 0.250. The smallest absolute Gasteiger partial charge is 0.138 e. The van der Waals surface area contributed by atoms with Gasteiger partial charge in [0, 0.05) is 17.2 Å². The van der Waals surface area contributed by atoms with Gasteiger partial charge in [-0.3, -0.25) is 0 Å². The van der Waals surface area contributed by atoms with Crippen molar-refractivity contribution in [1.82, 2.24) is 0 Å². The molecule has 0 amide bonds. The first kappa shape index (κ1) is 10.7. The standard InChI is InChI=1S/C16H14O3/c1-17-10-6-7-11-13-9-18-14-5-3-2-4-12(14)16(13)19-15(11)8-10/h2-8,13,16H,9H2,1H3/t13-,16-/m0/s1. The van der Waals surface area contributed by atoms with Crippen LogP contribution in [0.1, 0.15) is 23.1 Å². The first-order valence-electron chi connectivity index (χ1n) is 6.43. The summed E-state index contributed by atoms with van der Waals surface area (Å²) in [5.41, 5.74) is 2.34. The van der Waals surface area contributed by atoms with Gasteiger partial charge in [-0.25, -0.2) is 0 Å². The summed E-state index contributed by atoms with van der Waals surface area (Å²) in [5, 5.41) is 0. The van der Waals surface area contributed by atoms with Crippen molar-refractivity contribution in [2.75, 3.05) is 13.7 Å². The highest BCUT2D eigenvalue weighted by atomic mass is 16.5. The van der Waals surface area contributed by atoms with Crippen molar-refractivity contribution in [2.24, 2.45) is 0 Å². The third-order valence-corrected chi connectivity index (χ3v) is 3.88. The molecule has 2 aromatic rings. The molecule has 0 spiro atoms. The van der Waals surface area contributed by atoms with E-state index >= 15 is 0 Å². The quantitative estimate of drug-likeness (QED) is 0.781. The van der Waals surface area contributed by atoms with Gasteiger partial charge < -0.3 is 14.2 Å². The molecule has 0 aliphatic carbocycles. The Morgan fingerprint density at radius 1 is 1.05 bits per heavy atom. The van der Waals surface area contributed by atoms with Crippen molar-refractivity contribution >= 4 is 0 Å². The maximum absolute atomic E-state index is 6.12. The lowest BCUT2D eigenvalue weighted by molar-refractivity contribution is 0.139. The van der Waals surface area contributed by atoms with E-state index in [0.29, 0.717) is 6.61 Å². The Balaban J connectivity index is 1.79. The average Bonchev–Trinajstić information content (AvgIpc) is 2.85. The maximum Gasteiger partial charge on any atom is 0.138 e. The second-order valence-corrected chi connectivity index (χ2v) is 4.90. The van der Waals surface area contributed by atoms with E-state index in [0.717, 1.165) is 22.8 Å². The summed E-state index contributed by atoms with van der Waals surface area (Å²) >= 11 is 0. The molecule has 0 unspecified atom stereocenters. The van der Waals surface area contributed by atoms with Crippen molar-refractivity contribution in [3.8, 4) is 17.2 Å². The number of benzene rings is 2. The molecule has 96 valence electrons. The van der Waals surface area contributed by atoms with Crippen LogP contribution in [0.4, 0.5) is 0 Å². The van der Waals surface area contributed by atoms with Crippen LogP contribution in [-0.2, 0) is 0 Å². The molecule has 2 atom stereocenters. The number of methoxy groups -OCH3 is 1. The lowest BCUT2D eigenvalue weighted by Crippen LogP contribution is -2.22. The summed E-state index contributed by atoms with van der Waals surface area (Å²) in [5.74, 6) is 2.94. The summed E-state index contributed by atoms with van der Waals surface area (Å²) in [6.07, 6.45) is 0.0621. The molecule has 2 heterocycles. The molecule has 0 radical (unpaired) electrons. The lowest BCUT2D eigenvalue weighted by atomic mass is 9.89. The average molecular weight is 254 g/mol. The molecule has 3 heteroatoms.